The Balaban J connectivity index is 2.33. The van der Waals surface area contributed by atoms with Crippen molar-refractivity contribution < 1.29 is 9.63 Å². The molecule has 1 saturated heterocycles. The van der Waals surface area contributed by atoms with Crippen LogP contribution in [0.1, 0.15) is 34.8 Å². The lowest BCUT2D eigenvalue weighted by atomic mass is 10.0. The number of hydrogen-bond donors (Lipinski definition) is 0. The van der Waals surface area contributed by atoms with Crippen LogP contribution in [0.15, 0.2) is 17.1 Å². The first-order valence-electron chi connectivity index (χ1n) is 6.18. The quantitative estimate of drug-likeness (QED) is 0.753. The number of nitrogens with zero attached hydrogens (tertiary/aromatic N) is 2. The van der Waals surface area contributed by atoms with Crippen LogP contribution < -0.4 is 0 Å². The van der Waals surface area contributed by atoms with Crippen LogP contribution in [0.4, 0.5) is 5.69 Å². The molecule has 0 aliphatic carbocycles. The van der Waals surface area contributed by atoms with Gasteiger partial charge in [0.25, 0.3) is 5.91 Å². The average Bonchev–Trinajstić information content (AvgIpc) is 2.86. The number of carbonyl (C=O) groups excluding carboxylic acids is 1. The molecule has 0 unspecified atom stereocenters. The van der Waals surface area contributed by atoms with Gasteiger partial charge in [-0.1, -0.05) is 0 Å². The highest BCUT2D eigenvalue weighted by atomic mass is 16.7. The van der Waals surface area contributed by atoms with Crippen molar-refractivity contribution in [1.82, 2.24) is 5.06 Å². The SMILES string of the molecule is CC=Nc1cc(C)c(C(=O)N2CCCO2)cc1C. The van der Waals surface area contributed by atoms with Gasteiger partial charge in [-0.05, 0) is 50.5 Å². The molecule has 1 amide bonds. The third kappa shape index (κ3) is 2.43. The summed E-state index contributed by atoms with van der Waals surface area (Å²) in [6.45, 7) is 7.07. The number of aliphatic imine (C=N–C) groups is 1. The summed E-state index contributed by atoms with van der Waals surface area (Å²) in [5.74, 6) is -0.0554. The van der Waals surface area contributed by atoms with Crippen LogP contribution in [0.2, 0.25) is 0 Å². The normalized spacial score (nSPS) is 15.6. The standard InChI is InChI=1S/C14H18N2O2/c1-4-15-13-9-10(2)12(8-11(13)3)14(17)16-6-5-7-18-16/h4,8-9H,5-7H2,1-3H3. The molecule has 0 N–H and O–H groups in total. The summed E-state index contributed by atoms with van der Waals surface area (Å²) in [5, 5.41) is 1.45. The minimum Gasteiger partial charge on any atom is -0.271 e. The number of benzene rings is 1. The highest BCUT2D eigenvalue weighted by molar-refractivity contribution is 5.96. The molecule has 4 heteroatoms. The summed E-state index contributed by atoms with van der Waals surface area (Å²) in [6, 6.07) is 3.83. The topological polar surface area (TPSA) is 41.9 Å². The summed E-state index contributed by atoms with van der Waals surface area (Å²) in [7, 11) is 0. The molecule has 18 heavy (non-hydrogen) atoms. The number of hydrogen-bond acceptors (Lipinski definition) is 3. The van der Waals surface area contributed by atoms with E-state index < -0.39 is 0 Å². The van der Waals surface area contributed by atoms with Crippen molar-refractivity contribution in [3.63, 3.8) is 0 Å². The van der Waals surface area contributed by atoms with Crippen molar-refractivity contribution in [2.24, 2.45) is 4.99 Å². The van der Waals surface area contributed by atoms with Gasteiger partial charge in [-0.3, -0.25) is 14.6 Å². The van der Waals surface area contributed by atoms with Crippen LogP contribution in [0.5, 0.6) is 0 Å². The number of carbonyl (C=O) groups is 1. The molecule has 1 heterocycles. The molecule has 4 nitrogen and oxygen atoms in total. The van der Waals surface area contributed by atoms with E-state index in [1.807, 2.05) is 32.9 Å². The van der Waals surface area contributed by atoms with E-state index in [1.54, 1.807) is 6.21 Å². The van der Waals surface area contributed by atoms with E-state index in [0.717, 1.165) is 23.2 Å². The van der Waals surface area contributed by atoms with Crippen LogP contribution >= 0.6 is 0 Å². The van der Waals surface area contributed by atoms with Crippen LogP contribution in [-0.4, -0.2) is 30.3 Å². The van der Waals surface area contributed by atoms with E-state index >= 15 is 0 Å². The van der Waals surface area contributed by atoms with E-state index in [9.17, 15) is 4.79 Å². The molecule has 0 atom stereocenters. The third-order valence-corrected chi connectivity index (χ3v) is 3.02. The van der Waals surface area contributed by atoms with Crippen LogP contribution in [0, 0.1) is 13.8 Å². The van der Waals surface area contributed by atoms with Crippen molar-refractivity contribution >= 4 is 17.8 Å². The molecule has 1 aliphatic rings. The van der Waals surface area contributed by atoms with Gasteiger partial charge < -0.3 is 0 Å². The summed E-state index contributed by atoms with van der Waals surface area (Å²) in [4.78, 5) is 21.8. The number of amides is 1. The van der Waals surface area contributed by atoms with Crippen molar-refractivity contribution in [2.75, 3.05) is 13.2 Å². The Hall–Kier alpha value is -1.68. The van der Waals surface area contributed by atoms with E-state index in [-0.39, 0.29) is 5.91 Å². The largest absolute Gasteiger partial charge is 0.277 e. The first kappa shape index (κ1) is 12.8. The lowest BCUT2D eigenvalue weighted by Gasteiger charge is -2.16. The summed E-state index contributed by atoms with van der Waals surface area (Å²) < 4.78 is 0. The van der Waals surface area contributed by atoms with Crippen LogP contribution in [0.3, 0.4) is 0 Å². The van der Waals surface area contributed by atoms with Gasteiger partial charge in [-0.15, -0.1) is 0 Å². The monoisotopic (exact) mass is 246 g/mol. The van der Waals surface area contributed by atoms with E-state index in [0.29, 0.717) is 18.7 Å². The van der Waals surface area contributed by atoms with Crippen molar-refractivity contribution in [1.29, 1.82) is 0 Å². The number of aryl methyl sites for hydroxylation is 2. The van der Waals surface area contributed by atoms with Crippen LogP contribution in [-0.2, 0) is 4.84 Å². The van der Waals surface area contributed by atoms with Gasteiger partial charge in [-0.2, -0.15) is 0 Å². The molecule has 0 bridgehead atoms. The van der Waals surface area contributed by atoms with Crippen molar-refractivity contribution in [3.05, 3.63) is 28.8 Å². The summed E-state index contributed by atoms with van der Waals surface area (Å²) in [6.07, 6.45) is 2.66. The minimum absolute atomic E-state index is 0.0554. The smallest absolute Gasteiger partial charge is 0.271 e. The first-order valence-corrected chi connectivity index (χ1v) is 6.18. The van der Waals surface area contributed by atoms with E-state index in [2.05, 4.69) is 4.99 Å². The van der Waals surface area contributed by atoms with Gasteiger partial charge in [0.15, 0.2) is 0 Å². The predicted molar refractivity (Wildman–Crippen MR) is 71.3 cm³/mol. The maximum Gasteiger partial charge on any atom is 0.277 e. The summed E-state index contributed by atoms with van der Waals surface area (Å²) in [5.41, 5.74) is 3.54. The second-order valence-corrected chi connectivity index (χ2v) is 4.43. The molecule has 0 saturated carbocycles. The Labute approximate surface area is 107 Å². The van der Waals surface area contributed by atoms with E-state index in [4.69, 9.17) is 4.84 Å². The third-order valence-electron chi connectivity index (χ3n) is 3.02. The molecular weight excluding hydrogens is 228 g/mol. The van der Waals surface area contributed by atoms with E-state index in [1.165, 1.54) is 5.06 Å². The van der Waals surface area contributed by atoms with Crippen molar-refractivity contribution in [2.45, 2.75) is 27.2 Å². The van der Waals surface area contributed by atoms with Gasteiger partial charge in [0.2, 0.25) is 0 Å². The molecule has 2 rings (SSSR count). The fourth-order valence-electron chi connectivity index (χ4n) is 2.05. The lowest BCUT2D eigenvalue weighted by molar-refractivity contribution is -0.0768. The molecule has 1 aromatic carbocycles. The average molecular weight is 246 g/mol. The Morgan fingerprint density at radius 3 is 2.78 bits per heavy atom. The molecule has 0 aromatic heterocycles. The second kappa shape index (κ2) is 5.31. The molecular formula is C14H18N2O2. The zero-order chi connectivity index (χ0) is 13.1. The maximum absolute atomic E-state index is 12.3. The second-order valence-electron chi connectivity index (χ2n) is 4.43. The Bertz CT molecular complexity index is 489. The molecule has 0 spiro atoms. The minimum atomic E-state index is -0.0554. The highest BCUT2D eigenvalue weighted by Gasteiger charge is 2.22. The molecule has 1 fully saturated rings. The van der Waals surface area contributed by atoms with Gasteiger partial charge in [0.05, 0.1) is 18.8 Å². The maximum atomic E-state index is 12.3. The Kier molecular flexibility index (Phi) is 3.77. The fourth-order valence-corrected chi connectivity index (χ4v) is 2.05. The Morgan fingerprint density at radius 2 is 2.17 bits per heavy atom. The van der Waals surface area contributed by atoms with Gasteiger partial charge in [0, 0.05) is 11.8 Å². The highest BCUT2D eigenvalue weighted by Crippen LogP contribution is 2.24. The van der Waals surface area contributed by atoms with Gasteiger partial charge in [0.1, 0.15) is 0 Å². The molecule has 96 valence electrons. The number of rotatable bonds is 2. The number of hydroxylamine groups is 2. The molecule has 1 aromatic rings. The molecule has 0 radical (unpaired) electrons. The fraction of sp³-hybridized carbons (Fsp3) is 0.429. The zero-order valence-electron chi connectivity index (χ0n) is 11.1. The predicted octanol–water partition coefficient (Wildman–Crippen LogP) is 2.80. The zero-order valence-corrected chi connectivity index (χ0v) is 11.1. The van der Waals surface area contributed by atoms with Gasteiger partial charge in [-0.25, -0.2) is 5.06 Å². The van der Waals surface area contributed by atoms with Crippen molar-refractivity contribution in [3.8, 4) is 0 Å². The molecule has 1 aliphatic heterocycles. The lowest BCUT2D eigenvalue weighted by Crippen LogP contribution is -2.27. The summed E-state index contributed by atoms with van der Waals surface area (Å²) >= 11 is 0. The van der Waals surface area contributed by atoms with Gasteiger partial charge >= 0.3 is 0 Å². The Morgan fingerprint density at radius 1 is 1.39 bits per heavy atom. The van der Waals surface area contributed by atoms with Crippen LogP contribution in [0.25, 0.3) is 0 Å². The first-order chi connectivity index (χ1) is 8.63.